The van der Waals surface area contributed by atoms with Gasteiger partial charge >= 0.3 is 11.9 Å². The van der Waals surface area contributed by atoms with E-state index >= 15 is 0 Å². The van der Waals surface area contributed by atoms with Crippen molar-refractivity contribution in [3.63, 3.8) is 0 Å². The molecule has 0 spiro atoms. The number of fused-ring (bicyclic) bond motifs is 1. The summed E-state index contributed by atoms with van der Waals surface area (Å²) in [4.78, 5) is 37.2. The Morgan fingerprint density at radius 3 is 2.81 bits per heavy atom. The smallest absolute Gasteiger partial charge is 0.358 e. The highest BCUT2D eigenvalue weighted by molar-refractivity contribution is 6.02. The number of ether oxygens (including phenoxy) is 2. The molecule has 158 valence electrons. The minimum absolute atomic E-state index is 0.191. The quantitative estimate of drug-likeness (QED) is 0.638. The fourth-order valence-electron chi connectivity index (χ4n) is 3.43. The Hall–Kier alpha value is -3.94. The Labute approximate surface area is 178 Å². The largest absolute Gasteiger partial charge is 0.461 e. The lowest BCUT2D eigenvalue weighted by atomic mass is 9.89. The van der Waals surface area contributed by atoms with Crippen LogP contribution in [0.25, 0.3) is 5.69 Å². The molecule has 8 heteroatoms. The Bertz CT molecular complexity index is 1170. The summed E-state index contributed by atoms with van der Waals surface area (Å²) in [6.45, 7) is 3.59. The van der Waals surface area contributed by atoms with Crippen LogP contribution < -0.4 is 5.32 Å². The topological polar surface area (TPSA) is 99.5 Å². The standard InChI is InChI=1S/C23H21N3O5/c1-3-30-21(28)19-11-12-26(25-19)17-9-6-8-16(13-17)24-22(29)23(2)14-15-7-4-5-10-18(15)20(27)31-23/h4-13H,3,14H2,1-2H3,(H,24,29). The van der Waals surface area contributed by atoms with Crippen molar-refractivity contribution < 1.29 is 23.9 Å². The summed E-state index contributed by atoms with van der Waals surface area (Å²) in [5.41, 5.74) is 1.26. The molecule has 1 aliphatic rings. The molecule has 0 radical (unpaired) electrons. The Morgan fingerprint density at radius 2 is 2.00 bits per heavy atom. The zero-order valence-corrected chi connectivity index (χ0v) is 17.1. The number of aromatic nitrogens is 2. The van der Waals surface area contributed by atoms with Crippen LogP contribution in [0.4, 0.5) is 5.69 Å². The molecule has 0 fully saturated rings. The number of nitrogens with zero attached hydrogens (tertiary/aromatic N) is 2. The highest BCUT2D eigenvalue weighted by atomic mass is 16.6. The Morgan fingerprint density at radius 1 is 1.19 bits per heavy atom. The molecule has 31 heavy (non-hydrogen) atoms. The summed E-state index contributed by atoms with van der Waals surface area (Å²) in [7, 11) is 0. The van der Waals surface area contributed by atoms with Crippen LogP contribution in [0.2, 0.25) is 0 Å². The van der Waals surface area contributed by atoms with Crippen LogP contribution in [0.3, 0.4) is 0 Å². The average molecular weight is 419 g/mol. The third kappa shape index (κ3) is 4.05. The first-order valence-corrected chi connectivity index (χ1v) is 9.85. The van der Waals surface area contributed by atoms with Crippen LogP contribution in [0.15, 0.2) is 60.8 Å². The predicted octanol–water partition coefficient (Wildman–Crippen LogP) is 3.16. The van der Waals surface area contributed by atoms with Crippen molar-refractivity contribution in [3.8, 4) is 5.69 Å². The van der Waals surface area contributed by atoms with Gasteiger partial charge in [0.2, 0.25) is 0 Å². The van der Waals surface area contributed by atoms with E-state index < -0.39 is 23.4 Å². The minimum atomic E-state index is -1.33. The van der Waals surface area contributed by atoms with Crippen molar-refractivity contribution in [2.75, 3.05) is 11.9 Å². The maximum absolute atomic E-state index is 13.0. The zero-order valence-electron chi connectivity index (χ0n) is 17.1. The molecule has 8 nitrogen and oxygen atoms in total. The first kappa shape index (κ1) is 20.3. The van der Waals surface area contributed by atoms with E-state index in [0.29, 0.717) is 16.9 Å². The molecule has 3 aromatic rings. The van der Waals surface area contributed by atoms with E-state index in [-0.39, 0.29) is 18.7 Å². The number of carbonyl (C=O) groups excluding carboxylic acids is 3. The second-order valence-electron chi connectivity index (χ2n) is 7.32. The van der Waals surface area contributed by atoms with Gasteiger partial charge in [-0.05, 0) is 49.7 Å². The molecule has 1 N–H and O–H groups in total. The number of anilines is 1. The Kier molecular flexibility index (Phi) is 5.29. The SMILES string of the molecule is CCOC(=O)c1ccn(-c2cccc(NC(=O)C3(C)Cc4ccccc4C(=O)O3)c2)n1. The minimum Gasteiger partial charge on any atom is -0.461 e. The van der Waals surface area contributed by atoms with Crippen molar-refractivity contribution in [2.24, 2.45) is 0 Å². The molecule has 2 aromatic carbocycles. The summed E-state index contributed by atoms with van der Waals surface area (Å²) in [6, 6.07) is 15.6. The summed E-state index contributed by atoms with van der Waals surface area (Å²) >= 11 is 0. The first-order valence-electron chi connectivity index (χ1n) is 9.85. The third-order valence-corrected chi connectivity index (χ3v) is 5.01. The summed E-state index contributed by atoms with van der Waals surface area (Å²) in [6.07, 6.45) is 1.91. The van der Waals surface area contributed by atoms with Crippen LogP contribution in [0, 0.1) is 0 Å². The number of rotatable bonds is 5. The molecular weight excluding hydrogens is 398 g/mol. The highest BCUT2D eigenvalue weighted by Crippen LogP contribution is 2.29. The number of hydrogen-bond acceptors (Lipinski definition) is 6. The van der Waals surface area contributed by atoms with E-state index in [9.17, 15) is 14.4 Å². The average Bonchev–Trinajstić information content (AvgIpc) is 3.25. The number of amides is 1. The van der Waals surface area contributed by atoms with Gasteiger partial charge in [-0.3, -0.25) is 4.79 Å². The Balaban J connectivity index is 1.52. The molecule has 1 aromatic heterocycles. The van der Waals surface area contributed by atoms with Gasteiger partial charge in [-0.2, -0.15) is 5.10 Å². The summed E-state index contributed by atoms with van der Waals surface area (Å²) < 4.78 is 11.9. The summed E-state index contributed by atoms with van der Waals surface area (Å²) in [5.74, 6) is -1.45. The van der Waals surface area contributed by atoms with Crippen LogP contribution >= 0.6 is 0 Å². The lowest BCUT2D eigenvalue weighted by Crippen LogP contribution is -2.48. The maximum atomic E-state index is 13.0. The van der Waals surface area contributed by atoms with Gasteiger partial charge in [-0.25, -0.2) is 14.3 Å². The van der Waals surface area contributed by atoms with E-state index in [1.54, 1.807) is 62.5 Å². The number of benzene rings is 2. The van der Waals surface area contributed by atoms with Crippen molar-refractivity contribution in [1.29, 1.82) is 0 Å². The van der Waals surface area contributed by atoms with E-state index in [4.69, 9.17) is 9.47 Å². The second-order valence-corrected chi connectivity index (χ2v) is 7.32. The second kappa shape index (κ2) is 8.06. The predicted molar refractivity (Wildman–Crippen MR) is 112 cm³/mol. The van der Waals surface area contributed by atoms with Gasteiger partial charge in [0.1, 0.15) is 0 Å². The molecule has 0 saturated carbocycles. The zero-order chi connectivity index (χ0) is 22.0. The maximum Gasteiger partial charge on any atom is 0.358 e. The summed E-state index contributed by atoms with van der Waals surface area (Å²) in [5, 5.41) is 7.03. The number of nitrogens with one attached hydrogen (secondary N) is 1. The van der Waals surface area contributed by atoms with Crippen molar-refractivity contribution in [1.82, 2.24) is 9.78 Å². The first-order chi connectivity index (χ1) is 14.9. The van der Waals surface area contributed by atoms with E-state index in [2.05, 4.69) is 10.4 Å². The monoisotopic (exact) mass is 419 g/mol. The van der Waals surface area contributed by atoms with Gasteiger partial charge in [0, 0.05) is 18.3 Å². The van der Waals surface area contributed by atoms with E-state index in [0.717, 1.165) is 5.56 Å². The highest BCUT2D eigenvalue weighted by Gasteiger charge is 2.42. The van der Waals surface area contributed by atoms with Crippen LogP contribution in [-0.2, 0) is 20.7 Å². The van der Waals surface area contributed by atoms with Gasteiger partial charge < -0.3 is 14.8 Å². The lowest BCUT2D eigenvalue weighted by molar-refractivity contribution is -0.134. The molecule has 0 saturated heterocycles. The van der Waals surface area contributed by atoms with Gasteiger partial charge in [0.05, 0.1) is 17.9 Å². The number of esters is 2. The molecule has 0 aliphatic carbocycles. The number of hydrogen-bond donors (Lipinski definition) is 1. The molecular formula is C23H21N3O5. The molecule has 1 unspecified atom stereocenters. The molecule has 0 bridgehead atoms. The van der Waals surface area contributed by atoms with Crippen molar-refractivity contribution in [3.05, 3.63) is 77.6 Å². The molecule has 4 rings (SSSR count). The van der Waals surface area contributed by atoms with Crippen LogP contribution in [0.5, 0.6) is 0 Å². The van der Waals surface area contributed by atoms with Crippen molar-refractivity contribution >= 4 is 23.5 Å². The van der Waals surface area contributed by atoms with Gasteiger partial charge in [-0.1, -0.05) is 24.3 Å². The lowest BCUT2D eigenvalue weighted by Gasteiger charge is -2.33. The van der Waals surface area contributed by atoms with Crippen LogP contribution in [-0.4, -0.2) is 39.8 Å². The number of carbonyl (C=O) groups is 3. The van der Waals surface area contributed by atoms with Gasteiger partial charge in [0.15, 0.2) is 11.3 Å². The molecule has 1 atom stereocenters. The van der Waals surface area contributed by atoms with Crippen molar-refractivity contribution in [2.45, 2.75) is 25.9 Å². The molecule has 2 heterocycles. The van der Waals surface area contributed by atoms with Gasteiger partial charge in [-0.15, -0.1) is 0 Å². The fourth-order valence-corrected chi connectivity index (χ4v) is 3.43. The van der Waals surface area contributed by atoms with E-state index in [1.165, 1.54) is 4.68 Å². The molecule has 1 aliphatic heterocycles. The third-order valence-electron chi connectivity index (χ3n) is 5.01. The number of cyclic esters (lactones) is 1. The van der Waals surface area contributed by atoms with E-state index in [1.807, 2.05) is 12.1 Å². The fraction of sp³-hybridized carbons (Fsp3) is 0.217. The van der Waals surface area contributed by atoms with Gasteiger partial charge in [0.25, 0.3) is 5.91 Å². The molecule has 1 amide bonds. The normalized spacial score (nSPS) is 17.4. The van der Waals surface area contributed by atoms with Crippen LogP contribution in [0.1, 0.15) is 40.3 Å².